The number of fused-ring (bicyclic) bond motifs is 1. The maximum Gasteiger partial charge on any atom is 0.328 e. The molecule has 2 atom stereocenters. The van der Waals surface area contributed by atoms with E-state index in [2.05, 4.69) is 5.32 Å². The third kappa shape index (κ3) is 7.54. The molecule has 3 aromatic rings. The Morgan fingerprint density at radius 2 is 1.58 bits per heavy atom. The van der Waals surface area contributed by atoms with E-state index in [0.717, 1.165) is 22.4 Å². The van der Waals surface area contributed by atoms with Gasteiger partial charge in [0.15, 0.2) is 5.78 Å². The lowest BCUT2D eigenvalue weighted by Crippen LogP contribution is -2.43. The number of esters is 1. The van der Waals surface area contributed by atoms with Crippen LogP contribution in [0.25, 0.3) is 0 Å². The summed E-state index contributed by atoms with van der Waals surface area (Å²) in [6.45, 7) is 4.59. The van der Waals surface area contributed by atoms with Crippen molar-refractivity contribution in [2.75, 3.05) is 0 Å². The molecule has 4 rings (SSSR count). The Morgan fingerprint density at radius 1 is 0.921 bits per heavy atom. The molecule has 1 N–H and O–H groups in total. The first-order valence-electron chi connectivity index (χ1n) is 13.2. The number of benzene rings is 3. The van der Waals surface area contributed by atoms with Crippen LogP contribution in [-0.2, 0) is 34.0 Å². The lowest BCUT2D eigenvalue weighted by atomic mass is 9.81. The maximum atomic E-state index is 13.2. The molecule has 0 saturated carbocycles. The van der Waals surface area contributed by atoms with Crippen LogP contribution < -0.4 is 10.1 Å². The monoisotopic (exact) mass is 513 g/mol. The minimum atomic E-state index is -0.749. The van der Waals surface area contributed by atoms with E-state index in [1.807, 2.05) is 86.6 Å². The molecule has 6 nitrogen and oxygen atoms in total. The van der Waals surface area contributed by atoms with Crippen molar-refractivity contribution in [3.8, 4) is 5.75 Å². The predicted molar refractivity (Wildman–Crippen MR) is 146 cm³/mol. The van der Waals surface area contributed by atoms with Crippen molar-refractivity contribution in [3.63, 3.8) is 0 Å². The van der Waals surface area contributed by atoms with Gasteiger partial charge in [0.2, 0.25) is 5.91 Å². The van der Waals surface area contributed by atoms with Crippen LogP contribution in [0.3, 0.4) is 0 Å². The lowest BCUT2D eigenvalue weighted by molar-refractivity contribution is -0.149. The topological polar surface area (TPSA) is 81.7 Å². The first-order chi connectivity index (χ1) is 18.4. The van der Waals surface area contributed by atoms with Gasteiger partial charge < -0.3 is 14.8 Å². The van der Waals surface area contributed by atoms with Gasteiger partial charge in [-0.3, -0.25) is 9.59 Å². The van der Waals surface area contributed by atoms with E-state index in [0.29, 0.717) is 31.4 Å². The van der Waals surface area contributed by atoms with Crippen molar-refractivity contribution in [2.45, 2.75) is 58.8 Å². The molecule has 0 spiro atoms. The number of aryl methyl sites for hydroxylation is 1. The first-order valence-corrected chi connectivity index (χ1v) is 13.2. The van der Waals surface area contributed by atoms with Gasteiger partial charge in [-0.2, -0.15) is 0 Å². The Balaban J connectivity index is 1.32. The van der Waals surface area contributed by atoms with Gasteiger partial charge >= 0.3 is 5.97 Å². The molecule has 1 aliphatic rings. The van der Waals surface area contributed by atoms with E-state index in [9.17, 15) is 14.4 Å². The van der Waals surface area contributed by atoms with Gasteiger partial charge in [0.25, 0.3) is 0 Å². The van der Waals surface area contributed by atoms with Crippen LogP contribution in [0.5, 0.6) is 5.75 Å². The summed E-state index contributed by atoms with van der Waals surface area (Å²) in [5.74, 6) is -0.314. The third-order valence-corrected chi connectivity index (χ3v) is 6.71. The van der Waals surface area contributed by atoms with Gasteiger partial charge in [-0.15, -0.1) is 0 Å². The van der Waals surface area contributed by atoms with Crippen molar-refractivity contribution in [2.24, 2.45) is 11.8 Å². The Kier molecular flexibility index (Phi) is 9.30. The van der Waals surface area contributed by atoms with E-state index in [-0.39, 0.29) is 30.6 Å². The fourth-order valence-electron chi connectivity index (χ4n) is 4.72. The molecule has 0 saturated heterocycles. The smallest absolute Gasteiger partial charge is 0.328 e. The molecule has 1 amide bonds. The molecule has 0 aromatic heterocycles. The van der Waals surface area contributed by atoms with Crippen molar-refractivity contribution >= 4 is 17.7 Å². The number of ketones is 1. The highest BCUT2D eigenvalue weighted by Crippen LogP contribution is 2.30. The second-order valence-corrected chi connectivity index (χ2v) is 10.2. The summed E-state index contributed by atoms with van der Waals surface area (Å²) in [4.78, 5) is 38.9. The molecular formula is C32H35NO5. The predicted octanol–water partition coefficient (Wildman–Crippen LogP) is 5.68. The molecule has 0 fully saturated rings. The van der Waals surface area contributed by atoms with Gasteiger partial charge in [0.1, 0.15) is 25.0 Å². The molecule has 6 heteroatoms. The summed E-state index contributed by atoms with van der Waals surface area (Å²) in [6, 6.07) is 24.1. The van der Waals surface area contributed by atoms with Gasteiger partial charge in [-0.25, -0.2) is 4.79 Å². The summed E-state index contributed by atoms with van der Waals surface area (Å²) in [5, 5.41) is 2.83. The highest BCUT2D eigenvalue weighted by molar-refractivity contribution is 6.02. The van der Waals surface area contributed by atoms with E-state index in [1.54, 1.807) is 6.07 Å². The molecule has 1 aliphatic carbocycles. The maximum absolute atomic E-state index is 13.2. The average molecular weight is 514 g/mol. The minimum absolute atomic E-state index is 0.0388. The highest BCUT2D eigenvalue weighted by Gasteiger charge is 2.31. The molecular weight excluding hydrogens is 478 g/mol. The second-order valence-electron chi connectivity index (χ2n) is 10.2. The fourth-order valence-corrected chi connectivity index (χ4v) is 4.72. The van der Waals surface area contributed by atoms with E-state index < -0.39 is 17.9 Å². The van der Waals surface area contributed by atoms with E-state index in [1.165, 1.54) is 0 Å². The van der Waals surface area contributed by atoms with Gasteiger partial charge in [0, 0.05) is 17.9 Å². The number of hydrogen-bond donors (Lipinski definition) is 1. The minimum Gasteiger partial charge on any atom is -0.489 e. The lowest BCUT2D eigenvalue weighted by Gasteiger charge is -2.25. The number of rotatable bonds is 11. The SMILES string of the molecule is CC(C)C[C@H](NC(=O)CC1CCc2cc(OCc3ccccc3)ccc2C1=O)C(=O)OCc1ccccc1. The van der Waals surface area contributed by atoms with Gasteiger partial charge in [-0.05, 0) is 60.1 Å². The normalized spacial score (nSPS) is 15.4. The molecule has 0 aliphatic heterocycles. The molecule has 1 unspecified atom stereocenters. The van der Waals surface area contributed by atoms with Gasteiger partial charge in [0.05, 0.1) is 0 Å². The Morgan fingerprint density at radius 3 is 2.24 bits per heavy atom. The zero-order valence-corrected chi connectivity index (χ0v) is 22.0. The zero-order chi connectivity index (χ0) is 26.9. The number of ether oxygens (including phenoxy) is 2. The van der Waals surface area contributed by atoms with Crippen LogP contribution in [0.4, 0.5) is 0 Å². The Labute approximate surface area is 224 Å². The molecule has 38 heavy (non-hydrogen) atoms. The van der Waals surface area contributed by atoms with Crippen LogP contribution in [0.2, 0.25) is 0 Å². The summed E-state index contributed by atoms with van der Waals surface area (Å²) < 4.78 is 11.4. The summed E-state index contributed by atoms with van der Waals surface area (Å²) in [6.07, 6.45) is 1.78. The average Bonchev–Trinajstić information content (AvgIpc) is 2.92. The molecule has 0 bridgehead atoms. The van der Waals surface area contributed by atoms with Gasteiger partial charge in [-0.1, -0.05) is 74.5 Å². The molecule has 0 heterocycles. The van der Waals surface area contributed by atoms with Crippen molar-refractivity contribution < 1.29 is 23.9 Å². The number of carbonyl (C=O) groups excluding carboxylic acids is 3. The van der Waals surface area contributed by atoms with Crippen LogP contribution in [0.15, 0.2) is 78.9 Å². The largest absolute Gasteiger partial charge is 0.489 e. The van der Waals surface area contributed by atoms with Crippen molar-refractivity contribution in [3.05, 3.63) is 101 Å². The molecule has 198 valence electrons. The first kappa shape index (κ1) is 27.1. The standard InChI is InChI=1S/C32H35NO5/c1-22(2)17-29(32(36)38-21-24-11-7-4-8-12-24)33-30(34)19-26-14-13-25-18-27(15-16-28(25)31(26)35)37-20-23-9-5-3-6-10-23/h3-12,15-16,18,22,26,29H,13-14,17,19-21H2,1-2H3,(H,33,34)/t26?,29-/m0/s1. The van der Waals surface area contributed by atoms with Crippen LogP contribution in [0.1, 0.15) is 60.2 Å². The number of hydrogen-bond acceptors (Lipinski definition) is 5. The number of nitrogens with one attached hydrogen (secondary N) is 1. The fraction of sp³-hybridized carbons (Fsp3) is 0.344. The number of carbonyl (C=O) groups is 3. The van der Waals surface area contributed by atoms with Crippen LogP contribution in [-0.4, -0.2) is 23.7 Å². The van der Waals surface area contributed by atoms with E-state index in [4.69, 9.17) is 9.47 Å². The van der Waals surface area contributed by atoms with Crippen LogP contribution >= 0.6 is 0 Å². The molecule has 3 aromatic carbocycles. The van der Waals surface area contributed by atoms with Crippen LogP contribution in [0, 0.1) is 11.8 Å². The summed E-state index contributed by atoms with van der Waals surface area (Å²) in [7, 11) is 0. The van der Waals surface area contributed by atoms with E-state index >= 15 is 0 Å². The van der Waals surface area contributed by atoms with Crippen molar-refractivity contribution in [1.29, 1.82) is 0 Å². The highest BCUT2D eigenvalue weighted by atomic mass is 16.5. The summed E-state index contributed by atoms with van der Waals surface area (Å²) in [5.41, 5.74) is 3.55. The zero-order valence-electron chi connectivity index (χ0n) is 22.0. The third-order valence-electron chi connectivity index (χ3n) is 6.71. The molecule has 0 radical (unpaired) electrons. The number of amides is 1. The summed E-state index contributed by atoms with van der Waals surface area (Å²) >= 11 is 0. The number of Topliss-reactive ketones (excluding diaryl/α,β-unsaturated/α-hetero) is 1. The Hall–Kier alpha value is -3.93. The van der Waals surface area contributed by atoms with Crippen molar-refractivity contribution in [1.82, 2.24) is 5.32 Å². The Bertz CT molecular complexity index is 1240. The second kappa shape index (κ2) is 13.0. The quantitative estimate of drug-likeness (QED) is 0.334.